The molecule has 13 heteroatoms. The van der Waals surface area contributed by atoms with Crippen molar-refractivity contribution in [3.8, 4) is 0 Å². The number of alkyl halides is 3. The van der Waals surface area contributed by atoms with Crippen LogP contribution in [0.2, 0.25) is 0 Å². The van der Waals surface area contributed by atoms with Crippen molar-refractivity contribution >= 4 is 35.6 Å². The van der Waals surface area contributed by atoms with Gasteiger partial charge in [-0.2, -0.15) is 22.7 Å². The predicted octanol–water partition coefficient (Wildman–Crippen LogP) is 5.79. The smallest absolute Gasteiger partial charge is 0.381 e. The first kappa shape index (κ1) is 33.6. The Balaban J connectivity index is 0.000000232. The first-order valence-electron chi connectivity index (χ1n) is 14.1. The van der Waals surface area contributed by atoms with Gasteiger partial charge in [0, 0.05) is 53.6 Å². The average Bonchev–Trinajstić information content (AvgIpc) is 3.53. The summed E-state index contributed by atoms with van der Waals surface area (Å²) in [5.74, 6) is -0.846. The lowest BCUT2D eigenvalue weighted by Crippen LogP contribution is -2.38. The molecule has 2 atom stereocenters. The van der Waals surface area contributed by atoms with Crippen molar-refractivity contribution in [1.82, 2.24) is 20.5 Å². The number of amides is 1. The third-order valence-corrected chi connectivity index (χ3v) is 8.79. The largest absolute Gasteiger partial charge is 0.412 e. The van der Waals surface area contributed by atoms with Gasteiger partial charge in [-0.25, -0.2) is 4.98 Å². The topological polar surface area (TPSA) is 118 Å². The van der Waals surface area contributed by atoms with Gasteiger partial charge in [-0.1, -0.05) is 13.0 Å². The molecule has 2 unspecified atom stereocenters. The molecule has 1 aliphatic heterocycles. The standard InChI is InChI=1S/C17H25FN2OS.C12H15F3N4O/c1-2-14(10-19-13-5-7-21-8-6-13)22-16-4-3-12-9-17(18)20-11-15(12)16;1-3-4-9-8(5-7(2)12(13,14)15)11(19-18-9)17-6-10(16)20/h9,11,13-14,16,19H,2-8,10H2,1H3;3-5H,6H2,1-2H3,(H2,16,20)(H2,17,18,19)/b;4-3-,7-5+. The SMILES string of the molecule is C/C=C\c1[nH]nc(NCC(N)=O)c1/C=C(\C)C(F)(F)F.CCC(CNC1CCOCC1)SC1CCc2cc(F)ncc21. The first-order valence-corrected chi connectivity index (χ1v) is 15.1. The van der Waals surface area contributed by atoms with E-state index in [0.717, 1.165) is 70.4 Å². The maximum absolute atomic E-state index is 13.2. The van der Waals surface area contributed by atoms with E-state index in [4.69, 9.17) is 10.5 Å². The van der Waals surface area contributed by atoms with Crippen LogP contribution in [0.5, 0.6) is 0 Å². The van der Waals surface area contributed by atoms with E-state index in [-0.39, 0.29) is 23.9 Å². The second-order valence-electron chi connectivity index (χ2n) is 10.2. The van der Waals surface area contributed by atoms with Crippen LogP contribution in [-0.4, -0.2) is 64.9 Å². The van der Waals surface area contributed by atoms with E-state index in [9.17, 15) is 22.4 Å². The van der Waals surface area contributed by atoms with E-state index in [0.29, 0.717) is 22.2 Å². The number of hydrogen-bond acceptors (Lipinski definition) is 7. The summed E-state index contributed by atoms with van der Waals surface area (Å²) in [6, 6.07) is 2.21. The lowest BCUT2D eigenvalue weighted by Gasteiger charge is -2.26. The molecule has 2 aromatic rings. The molecule has 42 heavy (non-hydrogen) atoms. The quantitative estimate of drug-likeness (QED) is 0.187. The summed E-state index contributed by atoms with van der Waals surface area (Å²) in [4.78, 5) is 14.6. The number of fused-ring (bicyclic) bond motifs is 1. The number of aryl methyl sites for hydroxylation is 1. The third kappa shape index (κ3) is 10.1. The number of carbonyl (C=O) groups excluding carboxylic acids is 1. The molecule has 1 saturated heterocycles. The number of aromatic nitrogens is 3. The average molecular weight is 613 g/mol. The highest BCUT2D eigenvalue weighted by atomic mass is 32.2. The van der Waals surface area contributed by atoms with Crippen LogP contribution in [0, 0.1) is 5.95 Å². The molecule has 0 spiro atoms. The second kappa shape index (κ2) is 16.1. The number of hydrogen-bond donors (Lipinski definition) is 4. The summed E-state index contributed by atoms with van der Waals surface area (Å²) < 4.78 is 56.4. The molecule has 0 saturated carbocycles. The number of nitrogens with two attached hydrogens (primary N) is 1. The van der Waals surface area contributed by atoms with Crippen molar-refractivity contribution in [3.05, 3.63) is 52.2 Å². The minimum Gasteiger partial charge on any atom is -0.381 e. The fourth-order valence-electron chi connectivity index (χ4n) is 4.70. The van der Waals surface area contributed by atoms with Crippen LogP contribution in [-0.2, 0) is 16.0 Å². The number of allylic oxidation sites excluding steroid dienone is 2. The van der Waals surface area contributed by atoms with E-state index in [1.807, 2.05) is 11.8 Å². The Morgan fingerprint density at radius 1 is 1.31 bits per heavy atom. The lowest BCUT2D eigenvalue weighted by molar-refractivity contribution is -0.116. The molecular weight excluding hydrogens is 572 g/mol. The van der Waals surface area contributed by atoms with Crippen molar-refractivity contribution in [2.24, 2.45) is 5.73 Å². The highest BCUT2D eigenvalue weighted by Gasteiger charge is 2.30. The Kier molecular flexibility index (Phi) is 12.9. The maximum Gasteiger partial charge on any atom is 0.412 e. The van der Waals surface area contributed by atoms with E-state index in [1.54, 1.807) is 31.3 Å². The number of ether oxygens (including phenoxy) is 1. The van der Waals surface area contributed by atoms with Crippen molar-refractivity contribution in [1.29, 1.82) is 0 Å². The third-order valence-electron chi connectivity index (χ3n) is 7.09. The highest BCUT2D eigenvalue weighted by molar-refractivity contribution is 8.00. The van der Waals surface area contributed by atoms with Crippen molar-refractivity contribution < 1.29 is 27.1 Å². The minimum absolute atomic E-state index is 0.139. The molecule has 5 N–H and O–H groups in total. The molecular formula is C29H40F4N6O2S. The van der Waals surface area contributed by atoms with Gasteiger partial charge in [0.25, 0.3) is 0 Å². The zero-order valence-corrected chi connectivity index (χ0v) is 25.0. The molecule has 3 heterocycles. The van der Waals surface area contributed by atoms with E-state index >= 15 is 0 Å². The summed E-state index contributed by atoms with van der Waals surface area (Å²) in [5, 5.41) is 13.8. The van der Waals surface area contributed by atoms with Crippen LogP contribution in [0.1, 0.15) is 74.1 Å². The Labute approximate surface area is 248 Å². The number of halogens is 4. The number of H-pyrrole nitrogens is 1. The molecule has 8 nitrogen and oxygen atoms in total. The second-order valence-corrected chi connectivity index (χ2v) is 11.7. The van der Waals surface area contributed by atoms with Gasteiger partial charge in [-0.3, -0.25) is 9.89 Å². The molecule has 1 amide bonds. The summed E-state index contributed by atoms with van der Waals surface area (Å²) in [6.45, 7) is 7.54. The van der Waals surface area contributed by atoms with E-state index in [2.05, 4.69) is 32.7 Å². The Morgan fingerprint density at radius 2 is 2.05 bits per heavy atom. The van der Waals surface area contributed by atoms with Crippen LogP contribution >= 0.6 is 11.8 Å². The number of primary amides is 1. The molecule has 4 rings (SSSR count). The fraction of sp³-hybridized carbons (Fsp3) is 0.552. The number of pyridine rings is 1. The van der Waals surface area contributed by atoms with Crippen LogP contribution in [0.3, 0.4) is 0 Å². The zero-order chi connectivity index (χ0) is 30.7. The van der Waals surface area contributed by atoms with Crippen molar-refractivity contribution in [3.63, 3.8) is 0 Å². The summed E-state index contributed by atoms with van der Waals surface area (Å²) in [5.41, 5.74) is 7.23. The van der Waals surface area contributed by atoms with Gasteiger partial charge in [0.2, 0.25) is 11.9 Å². The molecule has 2 aromatic heterocycles. The van der Waals surface area contributed by atoms with E-state index < -0.39 is 17.7 Å². The molecule has 1 aliphatic carbocycles. The van der Waals surface area contributed by atoms with Crippen LogP contribution in [0.15, 0.2) is 23.9 Å². The monoisotopic (exact) mass is 612 g/mol. The number of nitrogens with one attached hydrogen (secondary N) is 3. The highest BCUT2D eigenvalue weighted by Crippen LogP contribution is 2.43. The van der Waals surface area contributed by atoms with Gasteiger partial charge in [-0.15, -0.1) is 11.8 Å². The maximum atomic E-state index is 13.2. The van der Waals surface area contributed by atoms with E-state index in [1.165, 1.54) is 5.56 Å². The number of nitrogens with zero attached hydrogens (tertiary/aromatic N) is 2. The molecule has 2 aliphatic rings. The van der Waals surface area contributed by atoms with Gasteiger partial charge < -0.3 is 21.1 Å². The summed E-state index contributed by atoms with van der Waals surface area (Å²) >= 11 is 2.03. The number of anilines is 1. The molecule has 0 aromatic carbocycles. The summed E-state index contributed by atoms with van der Waals surface area (Å²) in [6.07, 6.45) is 7.01. The lowest BCUT2D eigenvalue weighted by atomic mass is 10.1. The minimum atomic E-state index is -4.43. The zero-order valence-electron chi connectivity index (χ0n) is 24.2. The fourth-order valence-corrected chi connectivity index (χ4v) is 6.16. The molecule has 232 valence electrons. The van der Waals surface area contributed by atoms with Crippen LogP contribution < -0.4 is 16.4 Å². The predicted molar refractivity (Wildman–Crippen MR) is 159 cm³/mol. The van der Waals surface area contributed by atoms with Gasteiger partial charge in [0.15, 0.2) is 5.82 Å². The normalized spacial score (nSPS) is 18.5. The number of aromatic amines is 1. The number of rotatable bonds is 11. The number of thioether (sulfide) groups is 1. The van der Waals surface area contributed by atoms with Gasteiger partial charge in [0.05, 0.1) is 12.2 Å². The Hall–Kier alpha value is -2.90. The van der Waals surface area contributed by atoms with Crippen LogP contribution in [0.4, 0.5) is 23.4 Å². The van der Waals surface area contributed by atoms with Gasteiger partial charge in [0.1, 0.15) is 0 Å². The molecule has 0 radical (unpaired) electrons. The number of carbonyl (C=O) groups is 1. The van der Waals surface area contributed by atoms with Gasteiger partial charge >= 0.3 is 6.18 Å². The van der Waals surface area contributed by atoms with Gasteiger partial charge in [-0.05, 0) is 75.3 Å². The Morgan fingerprint density at radius 3 is 2.69 bits per heavy atom. The first-order chi connectivity index (χ1) is 20.0. The molecule has 0 bridgehead atoms. The van der Waals surface area contributed by atoms with Crippen molar-refractivity contribution in [2.45, 2.75) is 75.6 Å². The van der Waals surface area contributed by atoms with Crippen molar-refractivity contribution in [2.75, 3.05) is 31.6 Å². The van der Waals surface area contributed by atoms with Crippen LogP contribution in [0.25, 0.3) is 12.2 Å². The Bertz CT molecular complexity index is 1230. The summed E-state index contributed by atoms with van der Waals surface area (Å²) in [7, 11) is 0. The molecule has 1 fully saturated rings.